The van der Waals surface area contributed by atoms with Gasteiger partial charge < -0.3 is 14.4 Å². The van der Waals surface area contributed by atoms with Gasteiger partial charge in [0.15, 0.2) is 0 Å². The molecule has 1 unspecified atom stereocenters. The molecule has 4 nitrogen and oxygen atoms in total. The molecule has 1 aromatic rings. The summed E-state index contributed by atoms with van der Waals surface area (Å²) in [6, 6.07) is 7.66. The zero-order valence-electron chi connectivity index (χ0n) is 11.8. The normalized spacial score (nSPS) is 27.0. The quantitative estimate of drug-likeness (QED) is 0.816. The number of quaternary nitrogens is 1. The van der Waals surface area contributed by atoms with Gasteiger partial charge in [0.05, 0.1) is 12.7 Å². The number of rotatable bonds is 3. The second kappa shape index (κ2) is 6.17. The van der Waals surface area contributed by atoms with Gasteiger partial charge in [0.1, 0.15) is 31.8 Å². The first-order valence-electron chi connectivity index (χ1n) is 6.74. The van der Waals surface area contributed by atoms with E-state index in [4.69, 9.17) is 9.47 Å². The van der Waals surface area contributed by atoms with Gasteiger partial charge >= 0.3 is 5.97 Å². The van der Waals surface area contributed by atoms with E-state index < -0.39 is 0 Å². The Morgan fingerprint density at radius 2 is 1.84 bits per heavy atom. The summed E-state index contributed by atoms with van der Waals surface area (Å²) in [5.41, 5.74) is 1.84. The highest BCUT2D eigenvalue weighted by Crippen LogP contribution is 2.06. The third kappa shape index (κ3) is 3.78. The van der Waals surface area contributed by atoms with Crippen molar-refractivity contribution in [1.29, 1.82) is 0 Å². The SMILES string of the molecule is COC(=O)c1ccc(C[NH+]2C[C@@H](C)O[C@@H](C)C2)cc1. The van der Waals surface area contributed by atoms with Crippen LogP contribution >= 0.6 is 0 Å². The van der Waals surface area contributed by atoms with Gasteiger partial charge in [-0.2, -0.15) is 0 Å². The standard InChI is InChI=1S/C15H21NO3/c1-11-8-16(9-12(2)19-11)10-13-4-6-14(7-5-13)15(17)18-3/h4-7,11-12H,8-10H2,1-3H3/p+1/t11-,12+. The fraction of sp³-hybridized carbons (Fsp3) is 0.533. The molecule has 1 fully saturated rings. The third-order valence-electron chi connectivity index (χ3n) is 3.45. The Hall–Kier alpha value is -1.39. The summed E-state index contributed by atoms with van der Waals surface area (Å²) >= 11 is 0. The highest BCUT2D eigenvalue weighted by Gasteiger charge is 2.25. The maximum Gasteiger partial charge on any atom is 0.337 e. The Morgan fingerprint density at radius 1 is 1.26 bits per heavy atom. The lowest BCUT2D eigenvalue weighted by molar-refractivity contribution is -0.928. The van der Waals surface area contributed by atoms with Crippen LogP contribution in [0.25, 0.3) is 0 Å². The Labute approximate surface area is 114 Å². The van der Waals surface area contributed by atoms with Crippen LogP contribution in [-0.4, -0.2) is 38.4 Å². The number of carbonyl (C=O) groups is 1. The number of benzene rings is 1. The summed E-state index contributed by atoms with van der Waals surface area (Å²) in [5, 5.41) is 0. The van der Waals surface area contributed by atoms with Crippen molar-refractivity contribution in [2.75, 3.05) is 20.2 Å². The molecule has 1 saturated heterocycles. The van der Waals surface area contributed by atoms with Crippen LogP contribution in [-0.2, 0) is 16.0 Å². The lowest BCUT2D eigenvalue weighted by Gasteiger charge is -2.32. The average molecular weight is 264 g/mol. The second-order valence-electron chi connectivity index (χ2n) is 5.28. The minimum absolute atomic E-state index is 0.285. The van der Waals surface area contributed by atoms with Gasteiger partial charge in [-0.05, 0) is 26.0 Å². The molecule has 19 heavy (non-hydrogen) atoms. The predicted molar refractivity (Wildman–Crippen MR) is 72.2 cm³/mol. The molecule has 104 valence electrons. The van der Waals surface area contributed by atoms with Gasteiger partial charge in [-0.15, -0.1) is 0 Å². The van der Waals surface area contributed by atoms with E-state index in [1.807, 2.05) is 24.3 Å². The van der Waals surface area contributed by atoms with Gasteiger partial charge in [-0.3, -0.25) is 0 Å². The molecule has 1 aliphatic heterocycles. The molecule has 0 aromatic heterocycles. The Kier molecular flexibility index (Phi) is 4.56. The summed E-state index contributed by atoms with van der Waals surface area (Å²) < 4.78 is 10.4. The number of nitrogens with one attached hydrogen (secondary N) is 1. The van der Waals surface area contributed by atoms with Gasteiger partial charge in [-0.1, -0.05) is 12.1 Å². The lowest BCUT2D eigenvalue weighted by atomic mass is 10.1. The van der Waals surface area contributed by atoms with E-state index in [2.05, 4.69) is 13.8 Å². The molecule has 1 aromatic carbocycles. The molecular formula is C15H22NO3+. The molecule has 0 radical (unpaired) electrons. The van der Waals surface area contributed by atoms with Gasteiger partial charge in [0.2, 0.25) is 0 Å². The number of morpholine rings is 1. The van der Waals surface area contributed by atoms with Crippen LogP contribution < -0.4 is 4.90 Å². The van der Waals surface area contributed by atoms with Crippen LogP contribution in [0.1, 0.15) is 29.8 Å². The Morgan fingerprint density at radius 3 is 2.37 bits per heavy atom. The van der Waals surface area contributed by atoms with E-state index in [0.29, 0.717) is 17.8 Å². The molecule has 2 rings (SSSR count). The molecule has 0 amide bonds. The molecule has 0 aliphatic carbocycles. The minimum atomic E-state index is -0.285. The topological polar surface area (TPSA) is 40.0 Å². The largest absolute Gasteiger partial charge is 0.465 e. The number of esters is 1. The van der Waals surface area contributed by atoms with Gasteiger partial charge in [0.25, 0.3) is 0 Å². The first kappa shape index (κ1) is 14.0. The Balaban J connectivity index is 1.97. The fourth-order valence-corrected chi connectivity index (χ4v) is 2.70. The van der Waals surface area contributed by atoms with Crippen molar-refractivity contribution in [2.24, 2.45) is 0 Å². The maximum absolute atomic E-state index is 11.4. The van der Waals surface area contributed by atoms with E-state index in [0.717, 1.165) is 19.6 Å². The van der Waals surface area contributed by atoms with Crippen molar-refractivity contribution in [3.8, 4) is 0 Å². The van der Waals surface area contributed by atoms with E-state index in [1.165, 1.54) is 17.6 Å². The molecule has 1 aliphatic rings. The maximum atomic E-state index is 11.4. The van der Waals surface area contributed by atoms with Crippen molar-refractivity contribution in [3.05, 3.63) is 35.4 Å². The van der Waals surface area contributed by atoms with Crippen molar-refractivity contribution in [1.82, 2.24) is 0 Å². The molecule has 1 heterocycles. The lowest BCUT2D eigenvalue weighted by Crippen LogP contribution is -3.14. The van der Waals surface area contributed by atoms with E-state index >= 15 is 0 Å². The molecule has 0 spiro atoms. The molecule has 0 saturated carbocycles. The van der Waals surface area contributed by atoms with Gasteiger partial charge in [-0.25, -0.2) is 4.79 Å². The van der Waals surface area contributed by atoms with Crippen LogP contribution in [0.15, 0.2) is 24.3 Å². The van der Waals surface area contributed by atoms with Crippen LogP contribution in [0.2, 0.25) is 0 Å². The average Bonchev–Trinajstić information content (AvgIpc) is 2.37. The van der Waals surface area contributed by atoms with Gasteiger partial charge in [0, 0.05) is 5.56 Å². The highest BCUT2D eigenvalue weighted by atomic mass is 16.5. The van der Waals surface area contributed by atoms with Crippen LogP contribution in [0, 0.1) is 0 Å². The molecular weight excluding hydrogens is 242 g/mol. The van der Waals surface area contributed by atoms with Crippen LogP contribution in [0.5, 0.6) is 0 Å². The predicted octanol–water partition coefficient (Wildman–Crippen LogP) is 0.665. The summed E-state index contributed by atoms with van der Waals surface area (Å²) in [6.07, 6.45) is 0.626. The zero-order chi connectivity index (χ0) is 13.8. The van der Waals surface area contributed by atoms with Crippen molar-refractivity contribution in [2.45, 2.75) is 32.6 Å². The first-order valence-corrected chi connectivity index (χ1v) is 6.74. The highest BCUT2D eigenvalue weighted by molar-refractivity contribution is 5.89. The number of hydrogen-bond acceptors (Lipinski definition) is 3. The number of carbonyl (C=O) groups excluding carboxylic acids is 1. The number of methoxy groups -OCH3 is 1. The summed E-state index contributed by atoms with van der Waals surface area (Å²) in [6.45, 7) is 7.28. The monoisotopic (exact) mass is 264 g/mol. The van der Waals surface area contributed by atoms with E-state index in [1.54, 1.807) is 0 Å². The van der Waals surface area contributed by atoms with E-state index in [9.17, 15) is 4.79 Å². The number of hydrogen-bond donors (Lipinski definition) is 1. The zero-order valence-corrected chi connectivity index (χ0v) is 11.8. The van der Waals surface area contributed by atoms with Crippen molar-refractivity contribution in [3.63, 3.8) is 0 Å². The summed E-state index contributed by atoms with van der Waals surface area (Å²) in [7, 11) is 1.40. The third-order valence-corrected chi connectivity index (χ3v) is 3.45. The summed E-state index contributed by atoms with van der Waals surface area (Å²) in [4.78, 5) is 12.9. The van der Waals surface area contributed by atoms with Crippen molar-refractivity contribution >= 4 is 5.97 Å². The van der Waals surface area contributed by atoms with Crippen LogP contribution in [0.3, 0.4) is 0 Å². The minimum Gasteiger partial charge on any atom is -0.465 e. The van der Waals surface area contributed by atoms with Crippen LogP contribution in [0.4, 0.5) is 0 Å². The molecule has 1 N–H and O–H groups in total. The van der Waals surface area contributed by atoms with Crippen molar-refractivity contribution < 1.29 is 19.2 Å². The molecule has 0 bridgehead atoms. The van der Waals surface area contributed by atoms with E-state index in [-0.39, 0.29) is 5.97 Å². The number of ether oxygens (including phenoxy) is 2. The second-order valence-corrected chi connectivity index (χ2v) is 5.28. The Bertz CT molecular complexity index is 420. The molecule has 3 atom stereocenters. The fourth-order valence-electron chi connectivity index (χ4n) is 2.70. The molecule has 4 heteroatoms. The first-order chi connectivity index (χ1) is 9.08. The smallest absolute Gasteiger partial charge is 0.337 e. The summed E-state index contributed by atoms with van der Waals surface area (Å²) in [5.74, 6) is -0.285.